The lowest BCUT2D eigenvalue weighted by molar-refractivity contribution is -0.135. The molecule has 1 aromatic rings. The summed E-state index contributed by atoms with van der Waals surface area (Å²) in [5.74, 6) is 0.410. The number of aromatic nitrogens is 2. The van der Waals surface area contributed by atoms with Gasteiger partial charge in [0.25, 0.3) is 0 Å². The van der Waals surface area contributed by atoms with E-state index in [9.17, 15) is 4.79 Å². The summed E-state index contributed by atoms with van der Waals surface area (Å²) in [6.45, 7) is 0.634. The maximum atomic E-state index is 12.1. The van der Waals surface area contributed by atoms with E-state index in [0.29, 0.717) is 6.54 Å². The number of H-pyrrole nitrogens is 1. The molecule has 0 aromatic carbocycles. The number of carbonyl (C=O) groups excluding carboxylic acids is 1. The highest BCUT2D eigenvalue weighted by molar-refractivity contribution is 5.78. The van der Waals surface area contributed by atoms with E-state index in [4.69, 9.17) is 0 Å². The van der Waals surface area contributed by atoms with Gasteiger partial charge in [0.05, 0.1) is 6.20 Å². The fraction of sp³-hybridized carbons (Fsp3) is 0.500. The first-order valence-electron chi connectivity index (χ1n) is 5.65. The lowest BCUT2D eigenvalue weighted by Gasteiger charge is -2.24. The highest BCUT2D eigenvalue weighted by atomic mass is 16.2. The minimum atomic E-state index is 0.168. The normalized spacial score (nSPS) is 19.7. The van der Waals surface area contributed by atoms with Crippen molar-refractivity contribution in [1.29, 1.82) is 0 Å². The number of rotatable bonds is 3. The first-order valence-corrected chi connectivity index (χ1v) is 5.65. The highest BCUT2D eigenvalue weighted by Gasteiger charge is 2.22. The van der Waals surface area contributed by atoms with Crippen LogP contribution in [0.5, 0.6) is 0 Å². The number of nitrogens with one attached hydrogen (secondary N) is 1. The van der Waals surface area contributed by atoms with Crippen molar-refractivity contribution in [2.24, 2.45) is 5.92 Å². The van der Waals surface area contributed by atoms with Crippen molar-refractivity contribution in [2.45, 2.75) is 25.8 Å². The summed E-state index contributed by atoms with van der Waals surface area (Å²) in [7, 11) is 1.85. The molecule has 1 heterocycles. The SMILES string of the molecule is CN(Cc1cn[nH]c1)C(=O)C1CC=CCC1. The number of allylic oxidation sites excluding steroid dienone is 2. The second-order valence-corrected chi connectivity index (χ2v) is 4.28. The molecule has 0 bridgehead atoms. The van der Waals surface area contributed by atoms with Gasteiger partial charge < -0.3 is 4.90 Å². The molecule has 0 aliphatic heterocycles. The molecule has 1 aromatic heterocycles. The number of carbonyl (C=O) groups is 1. The van der Waals surface area contributed by atoms with Gasteiger partial charge in [-0.2, -0.15) is 5.10 Å². The van der Waals surface area contributed by atoms with Crippen LogP contribution in [0.3, 0.4) is 0 Å². The average Bonchev–Trinajstić information content (AvgIpc) is 2.82. The van der Waals surface area contributed by atoms with Crippen LogP contribution in [0.2, 0.25) is 0 Å². The molecule has 0 spiro atoms. The highest BCUT2D eigenvalue weighted by Crippen LogP contribution is 2.20. The van der Waals surface area contributed by atoms with Gasteiger partial charge in [0.15, 0.2) is 0 Å². The number of nitrogens with zero attached hydrogens (tertiary/aromatic N) is 2. The zero-order valence-electron chi connectivity index (χ0n) is 9.52. The van der Waals surface area contributed by atoms with Crippen LogP contribution in [0.1, 0.15) is 24.8 Å². The lowest BCUT2D eigenvalue weighted by atomic mass is 9.93. The van der Waals surface area contributed by atoms with Crippen molar-refractivity contribution in [1.82, 2.24) is 15.1 Å². The van der Waals surface area contributed by atoms with E-state index >= 15 is 0 Å². The number of hydrogen-bond acceptors (Lipinski definition) is 2. The Balaban J connectivity index is 1.91. The molecule has 1 N–H and O–H groups in total. The van der Waals surface area contributed by atoms with Crippen LogP contribution in [0.15, 0.2) is 24.5 Å². The Hall–Kier alpha value is -1.58. The fourth-order valence-corrected chi connectivity index (χ4v) is 2.05. The van der Waals surface area contributed by atoms with Crippen molar-refractivity contribution in [2.75, 3.05) is 7.05 Å². The largest absolute Gasteiger partial charge is 0.341 e. The van der Waals surface area contributed by atoms with Crippen LogP contribution in [0.25, 0.3) is 0 Å². The van der Waals surface area contributed by atoms with Crippen LogP contribution in [-0.4, -0.2) is 28.1 Å². The minimum Gasteiger partial charge on any atom is -0.341 e. The Morgan fingerprint density at radius 1 is 1.62 bits per heavy atom. The maximum Gasteiger partial charge on any atom is 0.226 e. The summed E-state index contributed by atoms with van der Waals surface area (Å²) in [4.78, 5) is 13.9. The number of aromatic amines is 1. The number of hydrogen-bond donors (Lipinski definition) is 1. The molecule has 4 nitrogen and oxygen atoms in total. The van der Waals surface area contributed by atoms with Crippen LogP contribution in [0.4, 0.5) is 0 Å². The van der Waals surface area contributed by atoms with E-state index in [0.717, 1.165) is 24.8 Å². The quantitative estimate of drug-likeness (QED) is 0.787. The summed E-state index contributed by atoms with van der Waals surface area (Å²) < 4.78 is 0. The Morgan fingerprint density at radius 2 is 2.50 bits per heavy atom. The van der Waals surface area contributed by atoms with E-state index in [1.54, 1.807) is 11.1 Å². The molecule has 2 rings (SSSR count). The number of amides is 1. The fourth-order valence-electron chi connectivity index (χ4n) is 2.05. The van der Waals surface area contributed by atoms with Gasteiger partial charge in [-0.3, -0.25) is 9.89 Å². The zero-order chi connectivity index (χ0) is 11.4. The van der Waals surface area contributed by atoms with Crippen LogP contribution >= 0.6 is 0 Å². The Kier molecular flexibility index (Phi) is 3.39. The van der Waals surface area contributed by atoms with Crippen LogP contribution < -0.4 is 0 Å². The van der Waals surface area contributed by atoms with E-state index in [2.05, 4.69) is 22.3 Å². The van der Waals surface area contributed by atoms with Crippen molar-refractivity contribution >= 4 is 5.91 Å². The predicted molar refractivity (Wildman–Crippen MR) is 61.5 cm³/mol. The summed E-state index contributed by atoms with van der Waals surface area (Å²) >= 11 is 0. The van der Waals surface area contributed by atoms with Crippen LogP contribution in [0, 0.1) is 5.92 Å². The minimum absolute atomic E-state index is 0.168. The Labute approximate surface area is 95.3 Å². The lowest BCUT2D eigenvalue weighted by Crippen LogP contribution is -2.32. The molecule has 0 saturated heterocycles. The van der Waals surface area contributed by atoms with Gasteiger partial charge in [-0.05, 0) is 19.3 Å². The monoisotopic (exact) mass is 219 g/mol. The standard InChI is InChI=1S/C12H17N3O/c1-15(9-10-7-13-14-8-10)12(16)11-5-3-2-4-6-11/h2-3,7-8,11H,4-6,9H2,1H3,(H,13,14). The predicted octanol–water partition coefficient (Wildman–Crippen LogP) is 1.72. The summed E-state index contributed by atoms with van der Waals surface area (Å²) in [5.41, 5.74) is 1.04. The molecule has 1 atom stereocenters. The first-order chi connectivity index (χ1) is 7.77. The van der Waals surface area contributed by atoms with Gasteiger partial charge in [-0.25, -0.2) is 0 Å². The molecule has 1 aliphatic rings. The first kappa shape index (κ1) is 10.9. The zero-order valence-corrected chi connectivity index (χ0v) is 9.52. The molecule has 16 heavy (non-hydrogen) atoms. The molecule has 0 radical (unpaired) electrons. The molecule has 0 saturated carbocycles. The van der Waals surface area contributed by atoms with Crippen molar-refractivity contribution in [3.63, 3.8) is 0 Å². The molecule has 1 amide bonds. The molecule has 1 aliphatic carbocycles. The van der Waals surface area contributed by atoms with Crippen molar-refractivity contribution < 1.29 is 4.79 Å². The van der Waals surface area contributed by atoms with Gasteiger partial charge in [0.2, 0.25) is 5.91 Å². The van der Waals surface area contributed by atoms with Crippen molar-refractivity contribution in [3.05, 3.63) is 30.1 Å². The van der Waals surface area contributed by atoms with E-state index in [1.165, 1.54) is 0 Å². The smallest absolute Gasteiger partial charge is 0.226 e. The second-order valence-electron chi connectivity index (χ2n) is 4.28. The molecular formula is C12H17N3O. The molecule has 1 unspecified atom stereocenters. The van der Waals surface area contributed by atoms with E-state index < -0.39 is 0 Å². The third-order valence-electron chi connectivity index (χ3n) is 2.97. The summed E-state index contributed by atoms with van der Waals surface area (Å²) in [6, 6.07) is 0. The van der Waals surface area contributed by atoms with Gasteiger partial charge in [-0.15, -0.1) is 0 Å². The maximum absolute atomic E-state index is 12.1. The Morgan fingerprint density at radius 3 is 3.12 bits per heavy atom. The third-order valence-corrected chi connectivity index (χ3v) is 2.97. The molecule has 4 heteroatoms. The van der Waals surface area contributed by atoms with E-state index in [-0.39, 0.29) is 11.8 Å². The summed E-state index contributed by atoms with van der Waals surface area (Å²) in [6.07, 6.45) is 10.7. The van der Waals surface area contributed by atoms with Gasteiger partial charge in [0, 0.05) is 31.3 Å². The molecule has 86 valence electrons. The average molecular weight is 219 g/mol. The van der Waals surface area contributed by atoms with Gasteiger partial charge in [0.1, 0.15) is 0 Å². The molecule has 0 fully saturated rings. The summed E-state index contributed by atoms with van der Waals surface area (Å²) in [5, 5.41) is 6.63. The van der Waals surface area contributed by atoms with Crippen LogP contribution in [-0.2, 0) is 11.3 Å². The topological polar surface area (TPSA) is 49.0 Å². The Bertz CT molecular complexity index is 370. The second kappa shape index (κ2) is 4.96. The van der Waals surface area contributed by atoms with Gasteiger partial charge in [-0.1, -0.05) is 12.2 Å². The third kappa shape index (κ3) is 2.51. The van der Waals surface area contributed by atoms with Gasteiger partial charge >= 0.3 is 0 Å². The van der Waals surface area contributed by atoms with E-state index in [1.807, 2.05) is 13.2 Å². The molecular weight excluding hydrogens is 202 g/mol. The van der Waals surface area contributed by atoms with Crippen molar-refractivity contribution in [3.8, 4) is 0 Å².